The molecule has 1 aromatic heterocycles. The van der Waals surface area contributed by atoms with Crippen LogP contribution in [0.15, 0.2) is 58.5 Å². The minimum Gasteiger partial charge on any atom is -0.362 e. The van der Waals surface area contributed by atoms with Crippen molar-refractivity contribution in [3.05, 3.63) is 69.0 Å². The average molecular weight is 468 g/mol. The topological polar surface area (TPSA) is 102 Å². The number of anilines is 1. The fourth-order valence-electron chi connectivity index (χ4n) is 3.98. The highest BCUT2D eigenvalue weighted by atomic mass is 32.2. The van der Waals surface area contributed by atoms with E-state index in [0.29, 0.717) is 54.5 Å². The third kappa shape index (κ3) is 4.85. The summed E-state index contributed by atoms with van der Waals surface area (Å²) in [4.78, 5) is 45.0. The lowest BCUT2D eigenvalue weighted by atomic mass is 10.2. The zero-order valence-corrected chi connectivity index (χ0v) is 19.2. The van der Waals surface area contributed by atoms with E-state index in [2.05, 4.69) is 4.98 Å². The number of carbonyl (C=O) groups excluding carboxylic acids is 1. The number of benzene rings is 2. The molecule has 33 heavy (non-hydrogen) atoms. The van der Waals surface area contributed by atoms with Gasteiger partial charge in [-0.05, 0) is 24.6 Å². The number of thioether (sulfide) groups is 1. The maximum atomic E-state index is 12.9. The molecule has 2 aromatic carbocycles. The smallest absolute Gasteiger partial charge is 0.292 e. The van der Waals surface area contributed by atoms with E-state index in [1.165, 1.54) is 17.8 Å². The van der Waals surface area contributed by atoms with Crippen LogP contribution in [0.5, 0.6) is 0 Å². The number of rotatable bonds is 7. The summed E-state index contributed by atoms with van der Waals surface area (Å²) in [7, 11) is 0. The summed E-state index contributed by atoms with van der Waals surface area (Å²) >= 11 is 1.28. The SMILES string of the molecule is CCCn1c(SCC(=O)N2CCN(c3ccccc3[N+](=O)[O-])CC2)nc2ccccc2c1=O. The summed E-state index contributed by atoms with van der Waals surface area (Å²) in [5.74, 6) is 0.146. The second-order valence-electron chi connectivity index (χ2n) is 7.77. The predicted octanol–water partition coefficient (Wildman–Crippen LogP) is 3.16. The molecule has 4 rings (SSSR count). The number of hydrogen-bond donors (Lipinski definition) is 0. The van der Waals surface area contributed by atoms with Gasteiger partial charge in [-0.3, -0.25) is 24.3 Å². The van der Waals surface area contributed by atoms with Gasteiger partial charge in [0.15, 0.2) is 5.16 Å². The van der Waals surface area contributed by atoms with Crippen molar-refractivity contribution >= 4 is 39.9 Å². The fraction of sp³-hybridized carbons (Fsp3) is 0.348. The number of fused-ring (bicyclic) bond motifs is 1. The molecule has 172 valence electrons. The van der Waals surface area contributed by atoms with E-state index in [1.54, 1.807) is 39.8 Å². The first-order valence-corrected chi connectivity index (χ1v) is 11.9. The van der Waals surface area contributed by atoms with Crippen LogP contribution in [0.1, 0.15) is 13.3 Å². The second-order valence-corrected chi connectivity index (χ2v) is 8.71. The molecule has 0 N–H and O–H groups in total. The first-order chi connectivity index (χ1) is 16.0. The molecule has 1 amide bonds. The van der Waals surface area contributed by atoms with Gasteiger partial charge in [-0.1, -0.05) is 43.0 Å². The number of nitro benzene ring substituents is 1. The first-order valence-electron chi connectivity index (χ1n) is 10.9. The number of carbonyl (C=O) groups is 1. The zero-order valence-electron chi connectivity index (χ0n) is 18.3. The Morgan fingerprint density at radius 3 is 2.52 bits per heavy atom. The van der Waals surface area contributed by atoms with Crippen LogP contribution in [0.4, 0.5) is 11.4 Å². The summed E-state index contributed by atoms with van der Waals surface area (Å²) in [6.45, 7) is 4.56. The lowest BCUT2D eigenvalue weighted by Gasteiger charge is -2.35. The van der Waals surface area contributed by atoms with Crippen LogP contribution in [-0.4, -0.2) is 57.2 Å². The van der Waals surface area contributed by atoms with Crippen LogP contribution in [0, 0.1) is 10.1 Å². The van der Waals surface area contributed by atoms with Crippen LogP contribution in [-0.2, 0) is 11.3 Å². The third-order valence-corrected chi connectivity index (χ3v) is 6.61. The van der Waals surface area contributed by atoms with Crippen LogP contribution in [0.3, 0.4) is 0 Å². The molecule has 2 heterocycles. The van der Waals surface area contributed by atoms with Gasteiger partial charge < -0.3 is 9.80 Å². The monoisotopic (exact) mass is 467 g/mol. The van der Waals surface area contributed by atoms with E-state index < -0.39 is 0 Å². The molecule has 9 nitrogen and oxygen atoms in total. The molecular weight excluding hydrogens is 442 g/mol. The quantitative estimate of drug-likeness (QED) is 0.228. The average Bonchev–Trinajstić information content (AvgIpc) is 2.84. The minimum absolute atomic E-state index is 0.0346. The van der Waals surface area contributed by atoms with Crippen molar-refractivity contribution in [2.75, 3.05) is 36.8 Å². The van der Waals surface area contributed by atoms with Gasteiger partial charge in [-0.25, -0.2) is 4.98 Å². The Morgan fingerprint density at radius 1 is 1.09 bits per heavy atom. The molecule has 1 fully saturated rings. The summed E-state index contributed by atoms with van der Waals surface area (Å²) in [5.41, 5.74) is 1.19. The molecule has 0 aliphatic carbocycles. The number of nitro groups is 1. The van der Waals surface area contributed by atoms with Gasteiger partial charge in [-0.2, -0.15) is 0 Å². The van der Waals surface area contributed by atoms with Crippen LogP contribution < -0.4 is 10.5 Å². The van der Waals surface area contributed by atoms with E-state index in [-0.39, 0.29) is 27.8 Å². The third-order valence-electron chi connectivity index (χ3n) is 5.65. The number of piperazine rings is 1. The van der Waals surface area contributed by atoms with Crippen molar-refractivity contribution in [1.82, 2.24) is 14.5 Å². The van der Waals surface area contributed by atoms with E-state index in [0.717, 1.165) is 6.42 Å². The molecule has 10 heteroatoms. The molecule has 3 aromatic rings. The van der Waals surface area contributed by atoms with Gasteiger partial charge in [0, 0.05) is 38.8 Å². The number of para-hydroxylation sites is 3. The molecule has 0 atom stereocenters. The first kappa shape index (κ1) is 22.8. The Hall–Kier alpha value is -3.40. The lowest BCUT2D eigenvalue weighted by Crippen LogP contribution is -2.49. The van der Waals surface area contributed by atoms with E-state index in [1.807, 2.05) is 24.0 Å². The number of nitrogens with zero attached hydrogens (tertiary/aromatic N) is 5. The van der Waals surface area contributed by atoms with E-state index >= 15 is 0 Å². The van der Waals surface area contributed by atoms with Crippen molar-refractivity contribution in [1.29, 1.82) is 0 Å². The van der Waals surface area contributed by atoms with Crippen molar-refractivity contribution < 1.29 is 9.72 Å². The van der Waals surface area contributed by atoms with Crippen molar-refractivity contribution in [3.63, 3.8) is 0 Å². The largest absolute Gasteiger partial charge is 0.362 e. The second kappa shape index (κ2) is 10.0. The van der Waals surface area contributed by atoms with Gasteiger partial charge in [0.1, 0.15) is 5.69 Å². The molecule has 1 aliphatic rings. The molecule has 0 radical (unpaired) electrons. The van der Waals surface area contributed by atoms with Gasteiger partial charge in [0.2, 0.25) is 5.91 Å². The van der Waals surface area contributed by atoms with E-state index in [9.17, 15) is 19.7 Å². The number of amides is 1. The van der Waals surface area contributed by atoms with Gasteiger partial charge in [0.05, 0.1) is 21.6 Å². The van der Waals surface area contributed by atoms with Gasteiger partial charge in [-0.15, -0.1) is 0 Å². The highest BCUT2D eigenvalue weighted by Crippen LogP contribution is 2.28. The Kier molecular flexibility index (Phi) is 6.93. The minimum atomic E-state index is -0.379. The van der Waals surface area contributed by atoms with Crippen LogP contribution in [0.2, 0.25) is 0 Å². The number of hydrogen-bond acceptors (Lipinski definition) is 7. The van der Waals surface area contributed by atoms with Crippen LogP contribution >= 0.6 is 11.8 Å². The van der Waals surface area contributed by atoms with Crippen molar-refractivity contribution in [2.24, 2.45) is 0 Å². The fourth-order valence-corrected chi connectivity index (χ4v) is 4.91. The zero-order chi connectivity index (χ0) is 23.4. The Morgan fingerprint density at radius 2 is 1.79 bits per heavy atom. The van der Waals surface area contributed by atoms with Gasteiger partial charge in [0.25, 0.3) is 11.2 Å². The Labute approximate surface area is 195 Å². The molecule has 0 spiro atoms. The van der Waals surface area contributed by atoms with Crippen molar-refractivity contribution in [3.8, 4) is 0 Å². The van der Waals surface area contributed by atoms with Gasteiger partial charge >= 0.3 is 0 Å². The number of aromatic nitrogens is 2. The molecule has 0 unspecified atom stereocenters. The highest BCUT2D eigenvalue weighted by Gasteiger charge is 2.25. The maximum Gasteiger partial charge on any atom is 0.292 e. The lowest BCUT2D eigenvalue weighted by molar-refractivity contribution is -0.384. The molecule has 0 bridgehead atoms. The Balaban J connectivity index is 1.42. The standard InChI is InChI=1S/C23H25N5O4S/c1-2-11-27-22(30)17-7-3-4-8-18(17)24-23(27)33-16-21(29)26-14-12-25(13-15-26)19-9-5-6-10-20(19)28(31)32/h3-10H,2,11-16H2,1H3. The van der Waals surface area contributed by atoms with Crippen molar-refractivity contribution in [2.45, 2.75) is 25.0 Å². The molecule has 0 saturated carbocycles. The van der Waals surface area contributed by atoms with E-state index in [4.69, 9.17) is 0 Å². The Bertz CT molecular complexity index is 1240. The normalized spacial score (nSPS) is 14.0. The highest BCUT2D eigenvalue weighted by molar-refractivity contribution is 7.99. The summed E-state index contributed by atoms with van der Waals surface area (Å²) in [6, 6.07) is 13.9. The predicted molar refractivity (Wildman–Crippen MR) is 129 cm³/mol. The maximum absolute atomic E-state index is 12.9. The summed E-state index contributed by atoms with van der Waals surface area (Å²) in [5, 5.41) is 12.4. The van der Waals surface area contributed by atoms with Crippen LogP contribution in [0.25, 0.3) is 10.9 Å². The molecule has 1 aliphatic heterocycles. The summed E-state index contributed by atoms with van der Waals surface area (Å²) in [6.07, 6.45) is 0.787. The summed E-state index contributed by atoms with van der Waals surface area (Å²) < 4.78 is 1.65. The molecular formula is C23H25N5O4S. The molecule has 1 saturated heterocycles.